The van der Waals surface area contributed by atoms with Crippen LogP contribution in [0.2, 0.25) is 0 Å². The van der Waals surface area contributed by atoms with Crippen molar-refractivity contribution in [1.29, 1.82) is 0 Å². The molecular weight excluding hydrogens is 426 g/mol. The topological polar surface area (TPSA) is 32.5 Å². The molecule has 0 bridgehead atoms. The molecule has 0 fully saturated rings. The Morgan fingerprint density at radius 2 is 1.60 bits per heavy atom. The highest BCUT2D eigenvalue weighted by Crippen LogP contribution is 2.25. The van der Waals surface area contributed by atoms with Gasteiger partial charge in [0.1, 0.15) is 0 Å². The number of fused-ring (bicyclic) bond motifs is 1. The van der Waals surface area contributed by atoms with Gasteiger partial charge in [-0.2, -0.15) is 0 Å². The average Bonchev–Trinajstić information content (AvgIpc) is 3.80. The highest BCUT2D eigenvalue weighted by atomic mass is 15.2. The van der Waals surface area contributed by atoms with Gasteiger partial charge >= 0.3 is 0 Å². The summed E-state index contributed by atoms with van der Waals surface area (Å²) < 4.78 is 0. The molecule has 3 nitrogen and oxygen atoms in total. The molecule has 0 aromatic heterocycles. The minimum atomic E-state index is 0.604. The van der Waals surface area contributed by atoms with E-state index in [-0.39, 0.29) is 0 Å². The zero-order valence-corrected chi connectivity index (χ0v) is 20.7. The van der Waals surface area contributed by atoms with Gasteiger partial charge in [0, 0.05) is 51.9 Å². The molecule has 1 radical (unpaired) electrons. The Kier molecular flexibility index (Phi) is 8.72. The van der Waals surface area contributed by atoms with Gasteiger partial charge in [0.05, 0.1) is 0 Å². The lowest BCUT2D eigenvalue weighted by Crippen LogP contribution is -2.36. The minimum Gasteiger partial charge on any atom is -0.373 e. The molecule has 0 saturated heterocycles. The number of rotatable bonds is 8. The predicted molar refractivity (Wildman–Crippen MR) is 149 cm³/mol. The molecule has 2 aliphatic rings. The number of allylic oxidation sites excluding steroid dienone is 4. The van der Waals surface area contributed by atoms with E-state index in [9.17, 15) is 0 Å². The Morgan fingerprint density at radius 1 is 0.943 bits per heavy atom. The molecule has 1 aliphatic carbocycles. The largest absolute Gasteiger partial charge is 0.373 e. The summed E-state index contributed by atoms with van der Waals surface area (Å²) in [6.45, 7) is 9.01. The van der Waals surface area contributed by atoms with Crippen LogP contribution in [0.3, 0.4) is 0 Å². The molecule has 3 aromatic rings. The van der Waals surface area contributed by atoms with Crippen LogP contribution >= 0.6 is 0 Å². The average molecular weight is 463 g/mol. The van der Waals surface area contributed by atoms with Crippen molar-refractivity contribution < 1.29 is 0 Å². The minimum absolute atomic E-state index is 0.604. The van der Waals surface area contributed by atoms with Crippen LogP contribution in [0.15, 0.2) is 104 Å². The Morgan fingerprint density at radius 3 is 2.23 bits per heavy atom. The van der Waals surface area contributed by atoms with Gasteiger partial charge in [0.15, 0.2) is 0 Å². The van der Waals surface area contributed by atoms with Gasteiger partial charge in [-0.1, -0.05) is 97.6 Å². The van der Waals surface area contributed by atoms with Gasteiger partial charge in [0.2, 0.25) is 0 Å². The van der Waals surface area contributed by atoms with Crippen molar-refractivity contribution >= 4 is 11.3 Å². The van der Waals surface area contributed by atoms with Crippen LogP contribution < -0.4 is 5.73 Å². The van der Waals surface area contributed by atoms with Gasteiger partial charge < -0.3 is 10.6 Å². The number of hydrogen-bond donors (Lipinski definition) is 1. The fourth-order valence-corrected chi connectivity index (χ4v) is 4.32. The van der Waals surface area contributed by atoms with Crippen LogP contribution in [0, 0.1) is 6.42 Å². The number of nitrogens with zero attached hydrogens (tertiary/aromatic N) is 2. The van der Waals surface area contributed by atoms with Crippen molar-refractivity contribution in [2.45, 2.75) is 19.5 Å². The molecule has 2 N–H and O–H groups in total. The molecule has 179 valence electrons. The van der Waals surface area contributed by atoms with Crippen LogP contribution in [0.25, 0.3) is 11.3 Å². The Bertz CT molecular complexity index is 1160. The Hall–Kier alpha value is -3.40. The van der Waals surface area contributed by atoms with Gasteiger partial charge in [-0.25, -0.2) is 0 Å². The fraction of sp³-hybridized carbons (Fsp3) is 0.219. The zero-order valence-electron chi connectivity index (χ0n) is 20.7. The maximum Gasteiger partial charge on any atom is 0.0443 e. The van der Waals surface area contributed by atoms with Crippen LogP contribution in [0.4, 0.5) is 0 Å². The SMILES string of the molecule is C=C(/C=C(/c1ccccc1)N(C)CCN1CCc2ccc(CN)cc2C1)c1ccccc1.[CH]1C=C1. The summed E-state index contributed by atoms with van der Waals surface area (Å²) in [5, 5.41) is 0. The lowest BCUT2D eigenvalue weighted by atomic mass is 9.97. The van der Waals surface area contributed by atoms with Crippen molar-refractivity contribution in [3.05, 3.63) is 138 Å². The lowest BCUT2D eigenvalue weighted by molar-refractivity contribution is 0.235. The Labute approximate surface area is 210 Å². The predicted octanol–water partition coefficient (Wildman–Crippen LogP) is 5.95. The third kappa shape index (κ3) is 7.29. The quantitative estimate of drug-likeness (QED) is 0.420. The molecule has 1 heterocycles. The molecule has 0 saturated carbocycles. The molecular formula is C32H36N3. The van der Waals surface area contributed by atoms with E-state index in [0.29, 0.717) is 6.54 Å². The third-order valence-electron chi connectivity index (χ3n) is 6.48. The lowest BCUT2D eigenvalue weighted by Gasteiger charge is -2.32. The number of nitrogens with two attached hydrogens (primary N) is 1. The molecule has 3 heteroatoms. The summed E-state index contributed by atoms with van der Waals surface area (Å²) in [7, 11) is 2.18. The first-order valence-electron chi connectivity index (χ1n) is 12.4. The molecule has 3 aromatic carbocycles. The standard InChI is InChI=1S/C29H33N3.C3H3/c1-23(25-9-5-3-6-10-25)19-29(27-11-7-4-8-12-27)31(2)17-18-32-16-15-26-14-13-24(21-30)20-28(26)22-32;1-2-3-1/h3-14,19-20H,1,15-18,21-22,30H2,2H3;1-3H/b29-19-;. The van der Waals surface area contributed by atoms with Gasteiger partial charge in [-0.15, -0.1) is 0 Å². The van der Waals surface area contributed by atoms with E-state index in [4.69, 9.17) is 5.73 Å². The van der Waals surface area contributed by atoms with Crippen LogP contribution in [0.5, 0.6) is 0 Å². The maximum absolute atomic E-state index is 5.85. The molecule has 5 rings (SSSR count). The summed E-state index contributed by atoms with van der Waals surface area (Å²) >= 11 is 0. The van der Waals surface area contributed by atoms with Crippen molar-refractivity contribution in [2.24, 2.45) is 5.73 Å². The number of benzene rings is 3. The first kappa shape index (κ1) is 24.7. The summed E-state index contributed by atoms with van der Waals surface area (Å²) in [5.41, 5.74) is 14.6. The zero-order chi connectivity index (χ0) is 24.5. The van der Waals surface area contributed by atoms with E-state index in [0.717, 1.165) is 43.7 Å². The summed E-state index contributed by atoms with van der Waals surface area (Å²) in [6.07, 6.45) is 9.32. The Balaban J connectivity index is 0.000000894. The normalized spacial score (nSPS) is 14.5. The van der Waals surface area contributed by atoms with Gasteiger partial charge in [0.25, 0.3) is 0 Å². The van der Waals surface area contributed by atoms with E-state index >= 15 is 0 Å². The van der Waals surface area contributed by atoms with Crippen molar-refractivity contribution in [1.82, 2.24) is 9.80 Å². The van der Waals surface area contributed by atoms with Crippen LogP contribution in [0.1, 0.15) is 27.8 Å². The van der Waals surface area contributed by atoms with E-state index in [2.05, 4.69) is 102 Å². The van der Waals surface area contributed by atoms with Gasteiger partial charge in [-0.3, -0.25) is 4.90 Å². The van der Waals surface area contributed by atoms with Gasteiger partial charge in [-0.05, 0) is 45.9 Å². The summed E-state index contributed by atoms with van der Waals surface area (Å²) in [5.74, 6) is 0. The van der Waals surface area contributed by atoms with Crippen molar-refractivity contribution in [3.8, 4) is 0 Å². The molecule has 0 atom stereocenters. The maximum atomic E-state index is 5.85. The monoisotopic (exact) mass is 462 g/mol. The smallest absolute Gasteiger partial charge is 0.0443 e. The molecule has 0 unspecified atom stereocenters. The molecule has 0 spiro atoms. The first-order chi connectivity index (χ1) is 17.1. The third-order valence-corrected chi connectivity index (χ3v) is 6.48. The first-order valence-corrected chi connectivity index (χ1v) is 12.4. The van der Waals surface area contributed by atoms with Crippen molar-refractivity contribution in [2.75, 3.05) is 26.7 Å². The fourth-order valence-electron chi connectivity index (χ4n) is 4.32. The summed E-state index contributed by atoms with van der Waals surface area (Å²) in [4.78, 5) is 4.91. The molecule has 0 amide bonds. The van der Waals surface area contributed by atoms with E-state index < -0.39 is 0 Å². The summed E-state index contributed by atoms with van der Waals surface area (Å²) in [6, 6.07) is 27.7. The number of hydrogen-bond acceptors (Lipinski definition) is 3. The second kappa shape index (κ2) is 12.3. The highest BCUT2D eigenvalue weighted by Gasteiger charge is 2.17. The molecule has 1 aliphatic heterocycles. The second-order valence-electron chi connectivity index (χ2n) is 9.12. The van der Waals surface area contributed by atoms with E-state index in [1.807, 2.05) is 24.6 Å². The van der Waals surface area contributed by atoms with E-state index in [1.165, 1.54) is 28.0 Å². The highest BCUT2D eigenvalue weighted by molar-refractivity contribution is 5.82. The van der Waals surface area contributed by atoms with Crippen LogP contribution in [-0.2, 0) is 19.5 Å². The van der Waals surface area contributed by atoms with Crippen molar-refractivity contribution in [3.63, 3.8) is 0 Å². The van der Waals surface area contributed by atoms with Crippen LogP contribution in [-0.4, -0.2) is 36.5 Å². The second-order valence-corrected chi connectivity index (χ2v) is 9.12. The molecule has 35 heavy (non-hydrogen) atoms. The van der Waals surface area contributed by atoms with E-state index in [1.54, 1.807) is 0 Å². The number of likely N-dealkylation sites (N-methyl/N-ethyl adjacent to an activating group) is 1.